The average Bonchev–Trinajstić information content (AvgIpc) is 2.77. The number of methoxy groups -OCH3 is 1. The fraction of sp³-hybridized carbons (Fsp3) is 0.520. The maximum absolute atomic E-state index is 13.1. The highest BCUT2D eigenvalue weighted by Crippen LogP contribution is 2.35. The quantitative estimate of drug-likeness (QED) is 0.713. The lowest BCUT2D eigenvalue weighted by atomic mass is 9.86. The van der Waals surface area contributed by atoms with Crippen molar-refractivity contribution >= 4 is 11.7 Å². The van der Waals surface area contributed by atoms with Crippen molar-refractivity contribution in [3.05, 3.63) is 47.2 Å². The molecule has 1 aliphatic carbocycles. The van der Waals surface area contributed by atoms with Crippen LogP contribution in [0.5, 0.6) is 11.5 Å². The maximum Gasteiger partial charge on any atom is 0.253 e. The molecule has 6 nitrogen and oxygen atoms in total. The molecule has 6 heteroatoms. The molecule has 2 heterocycles. The molecule has 2 N–H and O–H groups in total. The molecule has 1 aromatic heterocycles. The average molecular weight is 424 g/mol. The minimum atomic E-state index is 0.0982. The van der Waals surface area contributed by atoms with Crippen LogP contribution >= 0.6 is 0 Å². The molecule has 1 saturated heterocycles. The number of hydrogen-bond donors (Lipinski definition) is 1. The number of carbonyl (C=O) groups excluding carboxylic acids is 1. The fourth-order valence-corrected chi connectivity index (χ4v) is 4.52. The first-order valence-electron chi connectivity index (χ1n) is 11.4. The molecule has 0 spiro atoms. The Morgan fingerprint density at radius 3 is 2.58 bits per heavy atom. The highest BCUT2D eigenvalue weighted by Gasteiger charge is 2.27. The number of benzene rings is 1. The number of rotatable bonds is 7. The van der Waals surface area contributed by atoms with Gasteiger partial charge in [-0.3, -0.25) is 4.79 Å². The fourth-order valence-electron chi connectivity index (χ4n) is 4.52. The van der Waals surface area contributed by atoms with E-state index < -0.39 is 0 Å². The first-order chi connectivity index (χ1) is 15.1. The topological polar surface area (TPSA) is 77.7 Å². The molecule has 2 aliphatic rings. The second-order valence-corrected chi connectivity index (χ2v) is 8.70. The lowest BCUT2D eigenvalue weighted by molar-refractivity contribution is 0.0712. The van der Waals surface area contributed by atoms with E-state index in [1.807, 2.05) is 29.3 Å². The maximum atomic E-state index is 13.1. The van der Waals surface area contributed by atoms with Crippen LogP contribution in [0.1, 0.15) is 66.4 Å². The number of pyridine rings is 1. The summed E-state index contributed by atoms with van der Waals surface area (Å²) >= 11 is 0. The summed E-state index contributed by atoms with van der Waals surface area (Å²) in [5.74, 6) is 3.28. The van der Waals surface area contributed by atoms with Gasteiger partial charge in [0.15, 0.2) is 0 Å². The number of nitrogens with two attached hydrogens (primary N) is 1. The Hall–Kier alpha value is -2.76. The predicted molar refractivity (Wildman–Crippen MR) is 122 cm³/mol. The summed E-state index contributed by atoms with van der Waals surface area (Å²) in [6.45, 7) is 4.34. The Labute approximate surface area is 184 Å². The Kier molecular flexibility index (Phi) is 6.64. The summed E-state index contributed by atoms with van der Waals surface area (Å²) in [7, 11) is 1.65. The zero-order chi connectivity index (χ0) is 21.8. The summed E-state index contributed by atoms with van der Waals surface area (Å²) in [6, 6.07) is 7.67. The molecule has 2 aromatic rings. The van der Waals surface area contributed by atoms with Gasteiger partial charge in [0.25, 0.3) is 5.91 Å². The van der Waals surface area contributed by atoms with Crippen LogP contribution in [-0.4, -0.2) is 42.6 Å². The number of aryl methyl sites for hydroxylation is 1. The second kappa shape index (κ2) is 9.58. The van der Waals surface area contributed by atoms with E-state index in [1.54, 1.807) is 13.2 Å². The third kappa shape index (κ3) is 4.78. The van der Waals surface area contributed by atoms with Crippen molar-refractivity contribution in [1.29, 1.82) is 0 Å². The van der Waals surface area contributed by atoms with Crippen LogP contribution in [0.4, 0.5) is 5.82 Å². The molecule has 166 valence electrons. The number of nitrogens with zero attached hydrogens (tertiary/aromatic N) is 2. The van der Waals surface area contributed by atoms with Crippen LogP contribution in [-0.2, 0) is 6.42 Å². The zero-order valence-corrected chi connectivity index (χ0v) is 18.6. The predicted octanol–water partition coefficient (Wildman–Crippen LogP) is 4.43. The van der Waals surface area contributed by atoms with Crippen molar-refractivity contribution in [3.63, 3.8) is 0 Å². The van der Waals surface area contributed by atoms with Crippen molar-refractivity contribution in [1.82, 2.24) is 9.88 Å². The van der Waals surface area contributed by atoms with Crippen molar-refractivity contribution in [2.75, 3.05) is 32.5 Å². The number of carbonyl (C=O) groups is 1. The van der Waals surface area contributed by atoms with Gasteiger partial charge in [0.1, 0.15) is 17.3 Å². The summed E-state index contributed by atoms with van der Waals surface area (Å²) in [5, 5.41) is 0. The smallest absolute Gasteiger partial charge is 0.253 e. The Bertz CT molecular complexity index is 918. The van der Waals surface area contributed by atoms with Gasteiger partial charge in [-0.2, -0.15) is 0 Å². The molecule has 31 heavy (non-hydrogen) atoms. The van der Waals surface area contributed by atoms with E-state index in [1.165, 1.54) is 19.3 Å². The van der Waals surface area contributed by atoms with Gasteiger partial charge in [-0.05, 0) is 67.7 Å². The molecule has 4 rings (SSSR count). The minimum absolute atomic E-state index is 0.0982. The summed E-state index contributed by atoms with van der Waals surface area (Å²) < 4.78 is 11.5. The van der Waals surface area contributed by atoms with Crippen molar-refractivity contribution in [2.24, 2.45) is 5.92 Å². The number of amides is 1. The summed E-state index contributed by atoms with van der Waals surface area (Å²) in [6.07, 6.45) is 8.30. The summed E-state index contributed by atoms with van der Waals surface area (Å²) in [4.78, 5) is 19.3. The SMILES string of the molecule is CCc1cc(C(=O)N2CCC(c3cnc(N)cc3OC)CC2)ccc1OCC1CCC1. The van der Waals surface area contributed by atoms with Gasteiger partial charge < -0.3 is 20.1 Å². The van der Waals surface area contributed by atoms with E-state index >= 15 is 0 Å². The molecule has 1 aromatic carbocycles. The number of likely N-dealkylation sites (tertiary alicyclic amines) is 1. The van der Waals surface area contributed by atoms with Gasteiger partial charge in [-0.25, -0.2) is 4.98 Å². The number of anilines is 1. The normalized spacial score (nSPS) is 17.3. The standard InChI is InChI=1S/C25H33N3O3/c1-3-18-13-20(7-8-22(18)31-16-17-5-4-6-17)25(29)28-11-9-19(10-12-28)21-15-27-24(26)14-23(21)30-2/h7-8,13-15,17,19H,3-6,9-12,16H2,1-2H3,(H2,26,27). The van der Waals surface area contributed by atoms with Crippen LogP contribution < -0.4 is 15.2 Å². The molecular weight excluding hydrogens is 390 g/mol. The van der Waals surface area contributed by atoms with E-state index in [4.69, 9.17) is 15.2 Å². The first kappa shape index (κ1) is 21.5. The van der Waals surface area contributed by atoms with E-state index in [2.05, 4.69) is 11.9 Å². The molecule has 0 bridgehead atoms. The van der Waals surface area contributed by atoms with Crippen LogP contribution in [0, 0.1) is 5.92 Å². The molecule has 1 saturated carbocycles. The third-order valence-electron chi connectivity index (χ3n) is 6.75. The number of piperidine rings is 1. The van der Waals surface area contributed by atoms with Gasteiger partial charge in [-0.15, -0.1) is 0 Å². The van der Waals surface area contributed by atoms with E-state index in [0.29, 0.717) is 17.7 Å². The third-order valence-corrected chi connectivity index (χ3v) is 6.75. The molecular formula is C25H33N3O3. The Morgan fingerprint density at radius 2 is 1.94 bits per heavy atom. The van der Waals surface area contributed by atoms with E-state index in [9.17, 15) is 4.79 Å². The van der Waals surface area contributed by atoms with Crippen molar-refractivity contribution in [3.8, 4) is 11.5 Å². The van der Waals surface area contributed by atoms with Gasteiger partial charge in [0, 0.05) is 36.5 Å². The van der Waals surface area contributed by atoms with Crippen LogP contribution in [0.15, 0.2) is 30.5 Å². The number of nitrogen functional groups attached to an aromatic ring is 1. The molecule has 0 radical (unpaired) electrons. The molecule has 2 fully saturated rings. The number of hydrogen-bond acceptors (Lipinski definition) is 5. The van der Waals surface area contributed by atoms with Crippen molar-refractivity contribution in [2.45, 2.75) is 51.4 Å². The van der Waals surface area contributed by atoms with Gasteiger partial charge >= 0.3 is 0 Å². The molecule has 1 amide bonds. The minimum Gasteiger partial charge on any atom is -0.496 e. The Morgan fingerprint density at radius 1 is 1.16 bits per heavy atom. The van der Waals surface area contributed by atoms with Gasteiger partial charge in [-0.1, -0.05) is 13.3 Å². The van der Waals surface area contributed by atoms with Crippen LogP contribution in [0.2, 0.25) is 0 Å². The van der Waals surface area contributed by atoms with E-state index in [0.717, 1.165) is 67.1 Å². The molecule has 1 aliphatic heterocycles. The number of aromatic nitrogens is 1. The highest BCUT2D eigenvalue weighted by molar-refractivity contribution is 5.94. The first-order valence-corrected chi connectivity index (χ1v) is 11.4. The van der Waals surface area contributed by atoms with E-state index in [-0.39, 0.29) is 5.91 Å². The van der Waals surface area contributed by atoms with Gasteiger partial charge in [0.2, 0.25) is 0 Å². The summed E-state index contributed by atoms with van der Waals surface area (Å²) in [5.41, 5.74) is 8.71. The highest BCUT2D eigenvalue weighted by atomic mass is 16.5. The lowest BCUT2D eigenvalue weighted by Gasteiger charge is -2.33. The second-order valence-electron chi connectivity index (χ2n) is 8.70. The largest absolute Gasteiger partial charge is 0.496 e. The van der Waals surface area contributed by atoms with Crippen molar-refractivity contribution < 1.29 is 14.3 Å². The zero-order valence-electron chi connectivity index (χ0n) is 18.6. The molecule has 0 unspecified atom stereocenters. The van der Waals surface area contributed by atoms with Crippen LogP contribution in [0.3, 0.4) is 0 Å². The van der Waals surface area contributed by atoms with Crippen LogP contribution in [0.25, 0.3) is 0 Å². The monoisotopic (exact) mass is 423 g/mol. The lowest BCUT2D eigenvalue weighted by Crippen LogP contribution is -2.38. The van der Waals surface area contributed by atoms with Gasteiger partial charge in [0.05, 0.1) is 13.7 Å². The Balaban J connectivity index is 1.39. The number of ether oxygens (including phenoxy) is 2. The molecule has 0 atom stereocenters.